The van der Waals surface area contributed by atoms with E-state index >= 15 is 0 Å². The Kier molecular flexibility index (Phi) is 8.31. The molecule has 27 heavy (non-hydrogen) atoms. The molecule has 144 valence electrons. The Balaban J connectivity index is 1.70. The van der Waals surface area contributed by atoms with Gasteiger partial charge in [0.2, 0.25) is 11.0 Å². The Morgan fingerprint density at radius 1 is 1.15 bits per heavy atom. The number of aromatic nitrogens is 2. The zero-order chi connectivity index (χ0) is 19.5. The normalized spacial score (nSPS) is 12.0. The summed E-state index contributed by atoms with van der Waals surface area (Å²) in [4.78, 5) is 12.0. The summed E-state index contributed by atoms with van der Waals surface area (Å²) in [6.45, 7) is 0. The number of rotatable bonds is 10. The van der Waals surface area contributed by atoms with Crippen molar-refractivity contribution in [3.63, 3.8) is 0 Å². The maximum Gasteiger partial charge on any atom is 0.230 e. The van der Waals surface area contributed by atoms with Crippen molar-refractivity contribution in [1.29, 1.82) is 0 Å². The number of benzene rings is 1. The molecule has 8 heteroatoms. The van der Waals surface area contributed by atoms with E-state index in [1.807, 2.05) is 36.4 Å². The predicted octanol–water partition coefficient (Wildman–Crippen LogP) is 2.29. The Morgan fingerprint density at radius 2 is 1.93 bits per heavy atom. The highest BCUT2D eigenvalue weighted by atomic mass is 32.1. The van der Waals surface area contributed by atoms with Crippen LogP contribution in [0.25, 0.3) is 0 Å². The van der Waals surface area contributed by atoms with Gasteiger partial charge in [0, 0.05) is 19.2 Å². The van der Waals surface area contributed by atoms with E-state index in [2.05, 4.69) is 20.8 Å². The van der Waals surface area contributed by atoms with Crippen molar-refractivity contribution < 1.29 is 4.79 Å². The smallest absolute Gasteiger partial charge is 0.230 e. The minimum atomic E-state index is -0.0873. The highest BCUT2D eigenvalue weighted by Gasteiger charge is 2.09. The van der Waals surface area contributed by atoms with Crippen LogP contribution in [0.5, 0.6) is 0 Å². The van der Waals surface area contributed by atoms with Gasteiger partial charge in [-0.3, -0.25) is 4.79 Å². The molecule has 0 saturated heterocycles. The van der Waals surface area contributed by atoms with Crippen LogP contribution in [0.15, 0.2) is 54.0 Å². The lowest BCUT2D eigenvalue weighted by Gasteiger charge is -2.01. The zero-order valence-electron chi connectivity index (χ0n) is 15.4. The number of carbonyl (C=O) groups excluding carboxylic acids is 1. The third-order valence-electron chi connectivity index (χ3n) is 3.79. The van der Waals surface area contributed by atoms with E-state index in [-0.39, 0.29) is 5.91 Å². The minimum absolute atomic E-state index is 0.0873. The van der Waals surface area contributed by atoms with Gasteiger partial charge in [0.1, 0.15) is 5.01 Å². The summed E-state index contributed by atoms with van der Waals surface area (Å²) in [7, 11) is 1.76. The SMILES string of the molecule is CN/C(N)=C/C=C(\N)CCCCc1nnc(NC(=O)Cc2ccccc2)s1. The number of allylic oxidation sites excluding steroid dienone is 3. The molecule has 2 aromatic rings. The van der Waals surface area contributed by atoms with Crippen molar-refractivity contribution in [3.8, 4) is 0 Å². The lowest BCUT2D eigenvalue weighted by atomic mass is 10.1. The molecule has 0 radical (unpaired) electrons. The number of hydrogen-bond donors (Lipinski definition) is 4. The van der Waals surface area contributed by atoms with E-state index < -0.39 is 0 Å². The maximum absolute atomic E-state index is 12.0. The molecule has 2 rings (SSSR count). The van der Waals surface area contributed by atoms with E-state index in [4.69, 9.17) is 11.5 Å². The Labute approximate surface area is 163 Å². The minimum Gasteiger partial charge on any atom is -0.402 e. The van der Waals surface area contributed by atoms with E-state index in [9.17, 15) is 4.79 Å². The number of anilines is 1. The molecule has 0 fully saturated rings. The topological polar surface area (TPSA) is 119 Å². The average molecular weight is 387 g/mol. The van der Waals surface area contributed by atoms with Crippen molar-refractivity contribution in [2.24, 2.45) is 11.5 Å². The monoisotopic (exact) mass is 386 g/mol. The molecule has 0 aliphatic carbocycles. The van der Waals surface area contributed by atoms with Gasteiger partial charge in [-0.1, -0.05) is 41.7 Å². The van der Waals surface area contributed by atoms with E-state index in [1.54, 1.807) is 13.1 Å². The summed E-state index contributed by atoms with van der Waals surface area (Å²) in [6.07, 6.45) is 7.41. The second-order valence-corrected chi connectivity index (χ2v) is 7.09. The number of nitrogens with one attached hydrogen (secondary N) is 2. The summed E-state index contributed by atoms with van der Waals surface area (Å²) in [5.74, 6) is 0.490. The first kappa shape index (κ1) is 20.4. The van der Waals surface area contributed by atoms with Crippen LogP contribution >= 0.6 is 11.3 Å². The first-order valence-electron chi connectivity index (χ1n) is 8.82. The largest absolute Gasteiger partial charge is 0.402 e. The number of amides is 1. The van der Waals surface area contributed by atoms with Crippen molar-refractivity contribution in [2.45, 2.75) is 32.1 Å². The fourth-order valence-corrected chi connectivity index (χ4v) is 3.12. The summed E-state index contributed by atoms with van der Waals surface area (Å²) in [5.41, 5.74) is 13.3. The lowest BCUT2D eigenvalue weighted by molar-refractivity contribution is -0.115. The molecular weight excluding hydrogens is 360 g/mol. The molecular formula is C19H26N6OS. The fraction of sp³-hybridized carbons (Fsp3) is 0.316. The lowest BCUT2D eigenvalue weighted by Crippen LogP contribution is -2.14. The summed E-state index contributed by atoms with van der Waals surface area (Å²) in [6, 6.07) is 9.61. The van der Waals surface area contributed by atoms with Gasteiger partial charge in [-0.2, -0.15) is 0 Å². The van der Waals surface area contributed by atoms with Crippen molar-refractivity contribution in [2.75, 3.05) is 12.4 Å². The van der Waals surface area contributed by atoms with Gasteiger partial charge >= 0.3 is 0 Å². The Hall–Kier alpha value is -2.87. The van der Waals surface area contributed by atoms with Crippen LogP contribution in [-0.2, 0) is 17.6 Å². The highest BCUT2D eigenvalue weighted by molar-refractivity contribution is 7.15. The predicted molar refractivity (Wildman–Crippen MR) is 110 cm³/mol. The number of aryl methyl sites for hydroxylation is 1. The van der Waals surface area contributed by atoms with Crippen LogP contribution in [0, 0.1) is 0 Å². The molecule has 1 amide bonds. The van der Waals surface area contributed by atoms with Gasteiger partial charge < -0.3 is 22.1 Å². The molecule has 0 unspecified atom stereocenters. The van der Waals surface area contributed by atoms with Crippen molar-refractivity contribution in [1.82, 2.24) is 15.5 Å². The van der Waals surface area contributed by atoms with Crippen LogP contribution in [0.4, 0.5) is 5.13 Å². The molecule has 0 atom stereocenters. The number of nitrogens with zero attached hydrogens (tertiary/aromatic N) is 2. The molecule has 6 N–H and O–H groups in total. The van der Waals surface area contributed by atoms with Crippen LogP contribution in [0.1, 0.15) is 29.8 Å². The number of carbonyl (C=O) groups is 1. The summed E-state index contributed by atoms with van der Waals surface area (Å²) >= 11 is 1.41. The second kappa shape index (κ2) is 11.0. The van der Waals surface area contributed by atoms with Gasteiger partial charge in [0.15, 0.2) is 0 Å². The fourth-order valence-electron chi connectivity index (χ4n) is 2.32. The molecule has 1 aromatic carbocycles. The van der Waals surface area contributed by atoms with E-state index in [0.29, 0.717) is 17.4 Å². The van der Waals surface area contributed by atoms with Crippen LogP contribution < -0.4 is 22.1 Å². The first-order chi connectivity index (χ1) is 13.1. The molecule has 0 aliphatic rings. The standard InChI is InChI=1S/C19H26N6OS/c1-22-16(21)12-11-15(20)9-5-6-10-18-24-25-19(27-18)23-17(26)13-14-7-3-2-4-8-14/h2-4,7-8,11-12,22H,5-6,9-10,13,20-21H2,1H3,(H,23,25,26)/b15-11-,16-12+. The molecule has 1 aromatic heterocycles. The van der Waals surface area contributed by atoms with Gasteiger partial charge in [-0.15, -0.1) is 10.2 Å². The first-order valence-corrected chi connectivity index (χ1v) is 9.64. The Bertz CT molecular complexity index is 785. The maximum atomic E-state index is 12.0. The van der Waals surface area contributed by atoms with Crippen LogP contribution in [0.3, 0.4) is 0 Å². The zero-order valence-corrected chi connectivity index (χ0v) is 16.3. The molecule has 0 saturated carbocycles. The molecule has 0 aliphatic heterocycles. The third kappa shape index (κ3) is 7.91. The molecule has 0 spiro atoms. The molecule has 1 heterocycles. The van der Waals surface area contributed by atoms with Gasteiger partial charge in [0.25, 0.3) is 0 Å². The van der Waals surface area contributed by atoms with Gasteiger partial charge in [0.05, 0.1) is 12.2 Å². The van der Waals surface area contributed by atoms with Gasteiger partial charge in [-0.05, 0) is 37.0 Å². The van der Waals surface area contributed by atoms with E-state index in [1.165, 1.54) is 11.3 Å². The van der Waals surface area contributed by atoms with Crippen molar-refractivity contribution >= 4 is 22.4 Å². The average Bonchev–Trinajstić information content (AvgIpc) is 3.11. The number of hydrogen-bond acceptors (Lipinski definition) is 7. The third-order valence-corrected chi connectivity index (χ3v) is 4.69. The second-order valence-electron chi connectivity index (χ2n) is 6.03. The highest BCUT2D eigenvalue weighted by Crippen LogP contribution is 2.18. The number of nitrogens with two attached hydrogens (primary N) is 2. The van der Waals surface area contributed by atoms with Crippen LogP contribution in [-0.4, -0.2) is 23.2 Å². The Morgan fingerprint density at radius 3 is 2.67 bits per heavy atom. The number of unbranched alkanes of at least 4 members (excludes halogenated alkanes) is 1. The van der Waals surface area contributed by atoms with Gasteiger partial charge in [-0.25, -0.2) is 0 Å². The molecule has 7 nitrogen and oxygen atoms in total. The van der Waals surface area contributed by atoms with Crippen LogP contribution in [0.2, 0.25) is 0 Å². The molecule has 0 bridgehead atoms. The summed E-state index contributed by atoms with van der Waals surface area (Å²) < 4.78 is 0. The van der Waals surface area contributed by atoms with Crippen molar-refractivity contribution in [3.05, 3.63) is 64.6 Å². The summed E-state index contributed by atoms with van der Waals surface area (Å²) in [5, 5.41) is 15.3. The van der Waals surface area contributed by atoms with E-state index in [0.717, 1.165) is 42.0 Å². The quantitative estimate of drug-likeness (QED) is 0.367.